The van der Waals surface area contributed by atoms with Gasteiger partial charge in [-0.25, -0.2) is 8.42 Å². The first kappa shape index (κ1) is 21.0. The standard InChI is InChI=1S/C22H26N2O4S/c1-15-14-18(22(26)24-13-5-4-6-16(24)2)9-12-20(15)23-21(25)17-7-10-19(11-8-17)29(3,27)28/h7-12,14,16H,4-6,13H2,1-3H3,(H,23,25). The molecule has 1 atom stereocenters. The highest BCUT2D eigenvalue weighted by Crippen LogP contribution is 2.23. The van der Waals surface area contributed by atoms with Crippen molar-refractivity contribution in [3.63, 3.8) is 0 Å². The molecule has 3 rings (SSSR count). The van der Waals surface area contributed by atoms with E-state index in [1.165, 1.54) is 24.3 Å². The summed E-state index contributed by atoms with van der Waals surface area (Å²) in [6, 6.07) is 11.3. The monoisotopic (exact) mass is 414 g/mol. The maximum Gasteiger partial charge on any atom is 0.255 e. The number of likely N-dealkylation sites (tertiary alicyclic amines) is 1. The number of piperidine rings is 1. The van der Waals surface area contributed by atoms with Gasteiger partial charge in [0.25, 0.3) is 11.8 Å². The molecule has 0 saturated carbocycles. The zero-order valence-corrected chi connectivity index (χ0v) is 17.8. The Kier molecular flexibility index (Phi) is 6.07. The van der Waals surface area contributed by atoms with Crippen LogP contribution in [0.2, 0.25) is 0 Å². The van der Waals surface area contributed by atoms with Gasteiger partial charge >= 0.3 is 0 Å². The van der Waals surface area contributed by atoms with Crippen LogP contribution in [0.1, 0.15) is 52.5 Å². The quantitative estimate of drug-likeness (QED) is 0.827. The van der Waals surface area contributed by atoms with Crippen LogP contribution in [0.3, 0.4) is 0 Å². The zero-order valence-electron chi connectivity index (χ0n) is 16.9. The minimum atomic E-state index is -3.30. The highest BCUT2D eigenvalue weighted by Gasteiger charge is 2.24. The molecule has 1 aliphatic rings. The fraction of sp³-hybridized carbons (Fsp3) is 0.364. The Morgan fingerprint density at radius 3 is 2.28 bits per heavy atom. The second kappa shape index (κ2) is 8.37. The summed E-state index contributed by atoms with van der Waals surface area (Å²) in [6.45, 7) is 4.70. The van der Waals surface area contributed by atoms with Gasteiger partial charge in [0, 0.05) is 35.7 Å². The van der Waals surface area contributed by atoms with Crippen molar-refractivity contribution in [3.05, 3.63) is 59.2 Å². The molecular weight excluding hydrogens is 388 g/mol. The second-order valence-electron chi connectivity index (χ2n) is 7.62. The van der Waals surface area contributed by atoms with Crippen molar-refractivity contribution in [3.8, 4) is 0 Å². The molecule has 1 unspecified atom stereocenters. The van der Waals surface area contributed by atoms with Crippen LogP contribution in [-0.2, 0) is 9.84 Å². The maximum atomic E-state index is 12.8. The number of carbonyl (C=O) groups excluding carboxylic acids is 2. The summed E-state index contributed by atoms with van der Waals surface area (Å²) in [7, 11) is -3.30. The third kappa shape index (κ3) is 4.85. The lowest BCUT2D eigenvalue weighted by molar-refractivity contribution is 0.0635. The first-order valence-electron chi connectivity index (χ1n) is 9.70. The van der Waals surface area contributed by atoms with E-state index < -0.39 is 9.84 Å². The topological polar surface area (TPSA) is 83.6 Å². The lowest BCUT2D eigenvalue weighted by atomic mass is 10.0. The van der Waals surface area contributed by atoms with Gasteiger partial charge in [0.1, 0.15) is 0 Å². The van der Waals surface area contributed by atoms with Gasteiger partial charge in [-0.2, -0.15) is 0 Å². The third-order valence-corrected chi connectivity index (χ3v) is 6.46. The number of nitrogens with one attached hydrogen (secondary N) is 1. The highest BCUT2D eigenvalue weighted by atomic mass is 32.2. The summed E-state index contributed by atoms with van der Waals surface area (Å²) in [5.74, 6) is -0.313. The van der Waals surface area contributed by atoms with Gasteiger partial charge in [0.05, 0.1) is 4.90 Å². The molecule has 0 radical (unpaired) electrons. The summed E-state index contributed by atoms with van der Waals surface area (Å²) in [5, 5.41) is 2.83. The van der Waals surface area contributed by atoms with E-state index in [9.17, 15) is 18.0 Å². The van der Waals surface area contributed by atoms with E-state index >= 15 is 0 Å². The summed E-state index contributed by atoms with van der Waals surface area (Å²) in [5.41, 5.74) is 2.39. The fourth-order valence-electron chi connectivity index (χ4n) is 3.55. The van der Waals surface area contributed by atoms with Crippen molar-refractivity contribution >= 4 is 27.3 Å². The number of nitrogens with zero attached hydrogens (tertiary/aromatic N) is 1. The van der Waals surface area contributed by atoms with E-state index in [1.54, 1.807) is 18.2 Å². The van der Waals surface area contributed by atoms with Crippen LogP contribution in [0.4, 0.5) is 5.69 Å². The van der Waals surface area contributed by atoms with Crippen molar-refractivity contribution < 1.29 is 18.0 Å². The van der Waals surface area contributed by atoms with E-state index in [2.05, 4.69) is 12.2 Å². The van der Waals surface area contributed by atoms with Crippen LogP contribution < -0.4 is 5.32 Å². The van der Waals surface area contributed by atoms with Crippen molar-refractivity contribution in [1.29, 1.82) is 0 Å². The van der Waals surface area contributed by atoms with Gasteiger partial charge in [-0.15, -0.1) is 0 Å². The van der Waals surface area contributed by atoms with Gasteiger partial charge in [-0.3, -0.25) is 9.59 Å². The number of aryl methyl sites for hydroxylation is 1. The maximum absolute atomic E-state index is 12.8. The summed E-state index contributed by atoms with van der Waals surface area (Å²) < 4.78 is 23.1. The molecule has 29 heavy (non-hydrogen) atoms. The molecule has 1 aliphatic heterocycles. The Labute approximate surface area is 171 Å². The van der Waals surface area contributed by atoms with Crippen LogP contribution in [0.25, 0.3) is 0 Å². The predicted octanol–water partition coefficient (Wildman–Crippen LogP) is 3.67. The largest absolute Gasteiger partial charge is 0.336 e. The van der Waals surface area contributed by atoms with Crippen LogP contribution >= 0.6 is 0 Å². The van der Waals surface area contributed by atoms with E-state index in [-0.39, 0.29) is 22.8 Å². The Morgan fingerprint density at radius 2 is 1.69 bits per heavy atom. The average molecular weight is 415 g/mol. The molecule has 1 N–H and O–H groups in total. The number of hydrogen-bond donors (Lipinski definition) is 1. The minimum Gasteiger partial charge on any atom is -0.336 e. The van der Waals surface area contributed by atoms with Crippen molar-refractivity contribution in [2.45, 2.75) is 44.0 Å². The molecular formula is C22H26N2O4S. The van der Waals surface area contributed by atoms with E-state index in [0.717, 1.165) is 37.6 Å². The lowest BCUT2D eigenvalue weighted by Crippen LogP contribution is -2.42. The third-order valence-electron chi connectivity index (χ3n) is 5.33. The van der Waals surface area contributed by atoms with Crippen LogP contribution in [0.5, 0.6) is 0 Å². The number of amides is 2. The summed E-state index contributed by atoms with van der Waals surface area (Å²) in [6.07, 6.45) is 4.33. The molecule has 2 aromatic carbocycles. The molecule has 7 heteroatoms. The lowest BCUT2D eigenvalue weighted by Gasteiger charge is -2.33. The minimum absolute atomic E-state index is 0.0227. The number of sulfone groups is 1. The molecule has 0 spiro atoms. The van der Waals surface area contributed by atoms with Gasteiger partial charge < -0.3 is 10.2 Å². The van der Waals surface area contributed by atoms with Crippen LogP contribution in [0.15, 0.2) is 47.4 Å². The molecule has 0 aromatic heterocycles. The Bertz CT molecular complexity index is 1030. The van der Waals surface area contributed by atoms with Crippen LogP contribution in [0, 0.1) is 6.92 Å². The van der Waals surface area contributed by atoms with E-state index in [4.69, 9.17) is 0 Å². The molecule has 2 aromatic rings. The van der Waals surface area contributed by atoms with E-state index in [1.807, 2.05) is 11.8 Å². The highest BCUT2D eigenvalue weighted by molar-refractivity contribution is 7.90. The average Bonchev–Trinajstić information content (AvgIpc) is 2.68. The molecule has 1 saturated heterocycles. The first-order chi connectivity index (χ1) is 13.7. The molecule has 2 amide bonds. The van der Waals surface area contributed by atoms with Gasteiger partial charge in [0.2, 0.25) is 0 Å². The zero-order chi connectivity index (χ0) is 21.2. The number of carbonyl (C=O) groups is 2. The number of rotatable bonds is 4. The van der Waals surface area contributed by atoms with Gasteiger partial charge in [0.15, 0.2) is 9.84 Å². The van der Waals surface area contributed by atoms with Crippen molar-refractivity contribution in [2.75, 3.05) is 18.1 Å². The Balaban J connectivity index is 1.73. The summed E-state index contributed by atoms with van der Waals surface area (Å²) >= 11 is 0. The number of hydrogen-bond acceptors (Lipinski definition) is 4. The SMILES string of the molecule is Cc1cc(C(=O)N2CCCCC2C)ccc1NC(=O)c1ccc(S(C)(=O)=O)cc1. The van der Waals surface area contributed by atoms with E-state index in [0.29, 0.717) is 16.8 Å². The first-order valence-corrected chi connectivity index (χ1v) is 11.6. The number of benzene rings is 2. The summed E-state index contributed by atoms with van der Waals surface area (Å²) in [4.78, 5) is 27.4. The van der Waals surface area contributed by atoms with Crippen molar-refractivity contribution in [2.24, 2.45) is 0 Å². The second-order valence-corrected chi connectivity index (χ2v) is 9.64. The number of anilines is 1. The predicted molar refractivity (Wildman–Crippen MR) is 113 cm³/mol. The van der Waals surface area contributed by atoms with Gasteiger partial charge in [-0.05, 0) is 81.1 Å². The molecule has 0 aliphatic carbocycles. The Morgan fingerprint density at radius 1 is 1.03 bits per heavy atom. The smallest absolute Gasteiger partial charge is 0.255 e. The van der Waals surface area contributed by atoms with Crippen LogP contribution in [-0.4, -0.2) is 44.0 Å². The van der Waals surface area contributed by atoms with Gasteiger partial charge in [-0.1, -0.05) is 0 Å². The van der Waals surface area contributed by atoms with Crippen molar-refractivity contribution in [1.82, 2.24) is 4.90 Å². The molecule has 6 nitrogen and oxygen atoms in total. The molecule has 1 fully saturated rings. The normalized spacial score (nSPS) is 17.1. The molecule has 0 bridgehead atoms. The Hall–Kier alpha value is -2.67. The fourth-order valence-corrected chi connectivity index (χ4v) is 4.18. The molecule has 1 heterocycles. The molecule has 154 valence electrons.